The lowest BCUT2D eigenvalue weighted by Crippen LogP contribution is -2.14. The number of amides is 1. The first-order valence-electron chi connectivity index (χ1n) is 5.67. The van der Waals surface area contributed by atoms with E-state index in [1.165, 1.54) is 12.5 Å². The summed E-state index contributed by atoms with van der Waals surface area (Å²) in [6.07, 6.45) is 0. The Labute approximate surface area is 107 Å². The van der Waals surface area contributed by atoms with Gasteiger partial charge in [0.05, 0.1) is 0 Å². The third-order valence-electron chi connectivity index (χ3n) is 2.54. The van der Waals surface area contributed by atoms with E-state index in [0.29, 0.717) is 11.6 Å². The highest BCUT2D eigenvalue weighted by atomic mass is 16.3. The van der Waals surface area contributed by atoms with Gasteiger partial charge in [-0.15, -0.1) is 0 Å². The lowest BCUT2D eigenvalue weighted by molar-refractivity contribution is -0.112. The van der Waals surface area contributed by atoms with E-state index in [0.717, 1.165) is 0 Å². The van der Waals surface area contributed by atoms with Crippen LogP contribution in [-0.2, 0) is 4.79 Å². The minimum Gasteiger partial charge on any atom is -0.511 e. The average Bonchev–Trinajstić information content (AvgIpc) is 2.29. The van der Waals surface area contributed by atoms with Gasteiger partial charge in [-0.3, -0.25) is 4.79 Å². The Morgan fingerprint density at radius 1 is 1.33 bits per heavy atom. The van der Waals surface area contributed by atoms with Crippen molar-refractivity contribution in [3.63, 3.8) is 0 Å². The lowest BCUT2D eigenvalue weighted by Gasteiger charge is -2.08. The van der Waals surface area contributed by atoms with E-state index in [1.807, 2.05) is 12.1 Å². The van der Waals surface area contributed by atoms with Crippen molar-refractivity contribution in [2.24, 2.45) is 0 Å². The molecule has 0 saturated carbocycles. The Morgan fingerprint density at radius 2 is 1.89 bits per heavy atom. The highest BCUT2D eigenvalue weighted by Gasteiger charge is 2.12. The minimum atomic E-state index is -0.602. The quantitative estimate of drug-likeness (QED) is 0.487. The summed E-state index contributed by atoms with van der Waals surface area (Å²) in [5.41, 5.74) is 1.49. The summed E-state index contributed by atoms with van der Waals surface area (Å²) in [5.74, 6) is -0.465. The maximum atomic E-state index is 11.7. The first-order chi connectivity index (χ1) is 8.45. The molecule has 0 unspecified atom stereocenters. The van der Waals surface area contributed by atoms with Gasteiger partial charge in [0.2, 0.25) is 0 Å². The Kier molecular flexibility index (Phi) is 4.50. The van der Waals surface area contributed by atoms with Crippen molar-refractivity contribution < 1.29 is 9.90 Å². The van der Waals surface area contributed by atoms with Gasteiger partial charge in [-0.1, -0.05) is 26.0 Å². The van der Waals surface area contributed by atoms with Crippen LogP contribution in [-0.4, -0.2) is 11.0 Å². The molecule has 0 aliphatic carbocycles. The van der Waals surface area contributed by atoms with Crippen LogP contribution in [0, 0.1) is 11.3 Å². The third-order valence-corrected chi connectivity index (χ3v) is 2.54. The molecule has 0 aromatic heterocycles. The molecule has 1 aromatic carbocycles. The van der Waals surface area contributed by atoms with Crippen LogP contribution >= 0.6 is 0 Å². The van der Waals surface area contributed by atoms with Crippen LogP contribution in [0.3, 0.4) is 0 Å². The van der Waals surface area contributed by atoms with Crippen molar-refractivity contribution in [2.75, 3.05) is 5.32 Å². The van der Waals surface area contributed by atoms with Gasteiger partial charge >= 0.3 is 0 Å². The number of allylic oxidation sites excluding steroid dienone is 1. The van der Waals surface area contributed by atoms with Gasteiger partial charge in [-0.2, -0.15) is 5.26 Å². The van der Waals surface area contributed by atoms with Gasteiger partial charge in [-0.25, -0.2) is 0 Å². The number of hydrogen-bond acceptors (Lipinski definition) is 3. The SMILES string of the molecule is C/C(O)=C(\C#N)C(=O)Nc1ccc(C(C)C)cc1. The summed E-state index contributed by atoms with van der Waals surface area (Å²) in [4.78, 5) is 11.7. The van der Waals surface area contributed by atoms with Crippen LogP contribution in [0.4, 0.5) is 5.69 Å². The number of anilines is 1. The standard InChI is InChI=1S/C14H16N2O2/c1-9(2)11-4-6-12(7-5-11)16-14(18)13(8-15)10(3)17/h4-7,9,17H,1-3H3,(H,16,18)/b13-10-. The number of nitrogens with zero attached hydrogens (tertiary/aromatic N) is 1. The van der Waals surface area contributed by atoms with Crippen molar-refractivity contribution >= 4 is 11.6 Å². The summed E-state index contributed by atoms with van der Waals surface area (Å²) in [6.45, 7) is 5.47. The van der Waals surface area contributed by atoms with Crippen LogP contribution in [0.25, 0.3) is 0 Å². The number of aliphatic hydroxyl groups is 1. The predicted octanol–water partition coefficient (Wildman–Crippen LogP) is 3.10. The molecular weight excluding hydrogens is 228 g/mol. The molecule has 4 nitrogen and oxygen atoms in total. The summed E-state index contributed by atoms with van der Waals surface area (Å²) in [6, 6.07) is 9.05. The molecule has 18 heavy (non-hydrogen) atoms. The summed E-state index contributed by atoms with van der Waals surface area (Å²) in [7, 11) is 0. The minimum absolute atomic E-state index is 0.275. The highest BCUT2D eigenvalue weighted by Crippen LogP contribution is 2.17. The van der Waals surface area contributed by atoms with Crippen LogP contribution in [0.15, 0.2) is 35.6 Å². The van der Waals surface area contributed by atoms with Gasteiger partial charge in [-0.05, 0) is 30.5 Å². The average molecular weight is 244 g/mol. The molecule has 0 spiro atoms. The number of carbonyl (C=O) groups excluding carboxylic acids is 1. The second-order valence-corrected chi connectivity index (χ2v) is 4.30. The zero-order valence-electron chi connectivity index (χ0n) is 10.7. The second kappa shape index (κ2) is 5.87. The molecule has 94 valence electrons. The topological polar surface area (TPSA) is 73.1 Å². The van der Waals surface area contributed by atoms with Gasteiger partial charge < -0.3 is 10.4 Å². The maximum absolute atomic E-state index is 11.7. The van der Waals surface area contributed by atoms with Gasteiger partial charge in [0.25, 0.3) is 5.91 Å². The maximum Gasteiger partial charge on any atom is 0.269 e. The lowest BCUT2D eigenvalue weighted by atomic mass is 10.0. The highest BCUT2D eigenvalue weighted by molar-refractivity contribution is 6.06. The predicted molar refractivity (Wildman–Crippen MR) is 70.1 cm³/mol. The van der Waals surface area contributed by atoms with Gasteiger partial charge in [0.15, 0.2) is 5.57 Å². The van der Waals surface area contributed by atoms with E-state index >= 15 is 0 Å². The number of aliphatic hydroxyl groups excluding tert-OH is 1. The number of rotatable bonds is 3. The molecule has 0 bridgehead atoms. The number of nitriles is 1. The Bertz CT molecular complexity index is 504. The first-order valence-corrected chi connectivity index (χ1v) is 5.67. The molecule has 0 saturated heterocycles. The summed E-state index contributed by atoms with van der Waals surface area (Å²) < 4.78 is 0. The molecule has 1 rings (SSSR count). The Morgan fingerprint density at radius 3 is 2.28 bits per heavy atom. The number of carbonyl (C=O) groups is 1. The molecular formula is C14H16N2O2. The summed E-state index contributed by atoms with van der Waals surface area (Å²) in [5, 5.41) is 20.5. The van der Waals surface area contributed by atoms with E-state index in [9.17, 15) is 9.90 Å². The smallest absolute Gasteiger partial charge is 0.269 e. The van der Waals surface area contributed by atoms with Crippen LogP contribution in [0.5, 0.6) is 0 Å². The molecule has 0 atom stereocenters. The van der Waals surface area contributed by atoms with E-state index in [4.69, 9.17) is 5.26 Å². The fraction of sp³-hybridized carbons (Fsp3) is 0.286. The van der Waals surface area contributed by atoms with Crippen LogP contribution in [0.1, 0.15) is 32.3 Å². The van der Waals surface area contributed by atoms with Crippen LogP contribution < -0.4 is 5.32 Å². The molecule has 0 fully saturated rings. The van der Waals surface area contributed by atoms with Crippen molar-refractivity contribution in [3.05, 3.63) is 41.2 Å². The third kappa shape index (κ3) is 3.36. The van der Waals surface area contributed by atoms with E-state index in [-0.39, 0.29) is 11.3 Å². The molecule has 0 aliphatic rings. The molecule has 0 aliphatic heterocycles. The second-order valence-electron chi connectivity index (χ2n) is 4.30. The zero-order chi connectivity index (χ0) is 13.7. The zero-order valence-corrected chi connectivity index (χ0v) is 10.7. The fourth-order valence-electron chi connectivity index (χ4n) is 1.44. The van der Waals surface area contributed by atoms with E-state index in [2.05, 4.69) is 19.2 Å². The van der Waals surface area contributed by atoms with Gasteiger partial charge in [0, 0.05) is 5.69 Å². The molecule has 0 heterocycles. The molecule has 2 N–H and O–H groups in total. The molecule has 1 amide bonds. The normalized spacial score (nSPS) is 11.7. The number of nitrogens with one attached hydrogen (secondary N) is 1. The van der Waals surface area contributed by atoms with Gasteiger partial charge in [0.1, 0.15) is 11.8 Å². The van der Waals surface area contributed by atoms with Crippen LogP contribution in [0.2, 0.25) is 0 Å². The van der Waals surface area contributed by atoms with Crippen molar-refractivity contribution in [1.82, 2.24) is 0 Å². The largest absolute Gasteiger partial charge is 0.511 e. The number of benzene rings is 1. The first kappa shape index (κ1) is 13.8. The van der Waals surface area contributed by atoms with E-state index < -0.39 is 5.91 Å². The fourth-order valence-corrected chi connectivity index (χ4v) is 1.44. The van der Waals surface area contributed by atoms with E-state index in [1.54, 1.807) is 18.2 Å². The molecule has 1 aromatic rings. The van der Waals surface area contributed by atoms with Crippen molar-refractivity contribution in [1.29, 1.82) is 5.26 Å². The van der Waals surface area contributed by atoms with Crippen molar-refractivity contribution in [3.8, 4) is 6.07 Å². The Hall–Kier alpha value is -2.28. The molecule has 4 heteroatoms. The number of hydrogen-bond donors (Lipinski definition) is 2. The Balaban J connectivity index is 2.84. The summed E-state index contributed by atoms with van der Waals surface area (Å²) >= 11 is 0. The van der Waals surface area contributed by atoms with Crippen molar-refractivity contribution in [2.45, 2.75) is 26.7 Å². The molecule has 0 radical (unpaired) electrons. The monoisotopic (exact) mass is 244 g/mol.